The largest absolute Gasteiger partial charge is 0.266 e. The van der Waals surface area contributed by atoms with Crippen LogP contribution in [0.1, 0.15) is 31.4 Å². The van der Waals surface area contributed by atoms with E-state index in [0.717, 1.165) is 25.1 Å². The molecule has 0 aliphatic heterocycles. The van der Waals surface area contributed by atoms with Crippen molar-refractivity contribution in [3.63, 3.8) is 0 Å². The van der Waals surface area contributed by atoms with Gasteiger partial charge in [-0.1, -0.05) is 0 Å². The first-order chi connectivity index (χ1) is 5.33. The first-order valence-electron chi connectivity index (χ1n) is 3.96. The highest BCUT2D eigenvalue weighted by Crippen LogP contribution is 2.40. The highest BCUT2D eigenvalue weighted by atomic mass is 19.1. The third-order valence-electron chi connectivity index (χ3n) is 2.04. The lowest BCUT2D eigenvalue weighted by Crippen LogP contribution is -2.01. The predicted octanol–water partition coefficient (Wildman–Crippen LogP) is 1.72. The minimum absolute atomic E-state index is 0.255. The highest BCUT2D eigenvalue weighted by molar-refractivity contribution is 5.15. The summed E-state index contributed by atoms with van der Waals surface area (Å²) in [6.07, 6.45) is 4.57. The molecule has 2 nitrogen and oxygen atoms in total. The van der Waals surface area contributed by atoms with Crippen LogP contribution in [0.25, 0.3) is 0 Å². The minimum Gasteiger partial charge on any atom is -0.266 e. The van der Waals surface area contributed by atoms with Gasteiger partial charge in [0.1, 0.15) is 0 Å². The Kier molecular flexibility index (Phi) is 1.44. The lowest BCUT2D eigenvalue weighted by Gasteiger charge is -2.00. The highest BCUT2D eigenvalue weighted by Gasteiger charge is 2.30. The van der Waals surface area contributed by atoms with E-state index in [1.165, 1.54) is 0 Å². The molecule has 1 aliphatic carbocycles. The SMILES string of the molecule is CCn1n[c]c(F)c1C1CC1. The van der Waals surface area contributed by atoms with E-state index in [0.29, 0.717) is 5.92 Å². The van der Waals surface area contributed by atoms with Crippen molar-refractivity contribution in [3.8, 4) is 0 Å². The maximum Gasteiger partial charge on any atom is 0.174 e. The van der Waals surface area contributed by atoms with Gasteiger partial charge in [0.2, 0.25) is 0 Å². The molecule has 0 bridgehead atoms. The number of hydrogen-bond donors (Lipinski definition) is 0. The van der Waals surface area contributed by atoms with Crippen molar-refractivity contribution in [1.29, 1.82) is 0 Å². The fraction of sp³-hybridized carbons (Fsp3) is 0.625. The van der Waals surface area contributed by atoms with E-state index in [9.17, 15) is 4.39 Å². The zero-order valence-corrected chi connectivity index (χ0v) is 6.47. The third-order valence-corrected chi connectivity index (χ3v) is 2.04. The lowest BCUT2D eigenvalue weighted by molar-refractivity contribution is 0.575. The Morgan fingerprint density at radius 3 is 3.00 bits per heavy atom. The quantitative estimate of drug-likeness (QED) is 0.632. The third kappa shape index (κ3) is 1.04. The van der Waals surface area contributed by atoms with Crippen LogP contribution >= 0.6 is 0 Å². The Labute approximate surface area is 65.0 Å². The molecular weight excluding hydrogens is 143 g/mol. The fourth-order valence-corrected chi connectivity index (χ4v) is 1.32. The van der Waals surface area contributed by atoms with Crippen LogP contribution in [0.3, 0.4) is 0 Å². The summed E-state index contributed by atoms with van der Waals surface area (Å²) >= 11 is 0. The van der Waals surface area contributed by atoms with E-state index in [4.69, 9.17) is 0 Å². The van der Waals surface area contributed by atoms with Crippen LogP contribution in [0.4, 0.5) is 4.39 Å². The molecule has 2 rings (SSSR count). The number of halogens is 1. The first-order valence-corrected chi connectivity index (χ1v) is 3.96. The van der Waals surface area contributed by atoms with Gasteiger partial charge in [0.25, 0.3) is 0 Å². The van der Waals surface area contributed by atoms with Gasteiger partial charge in [0, 0.05) is 12.5 Å². The number of aromatic nitrogens is 2. The second-order valence-electron chi connectivity index (χ2n) is 2.90. The average molecular weight is 153 g/mol. The molecule has 1 fully saturated rings. The van der Waals surface area contributed by atoms with Crippen molar-refractivity contribution in [2.24, 2.45) is 0 Å². The minimum atomic E-state index is -0.255. The Hall–Kier alpha value is -0.860. The summed E-state index contributed by atoms with van der Waals surface area (Å²) in [5, 5.41) is 3.81. The Balaban J connectivity index is 2.38. The molecule has 1 radical (unpaired) electrons. The molecule has 1 aromatic rings. The summed E-state index contributed by atoms with van der Waals surface area (Å²) in [7, 11) is 0. The summed E-state index contributed by atoms with van der Waals surface area (Å²) in [5.74, 6) is 0.169. The van der Waals surface area contributed by atoms with Crippen molar-refractivity contribution >= 4 is 0 Å². The van der Waals surface area contributed by atoms with E-state index in [-0.39, 0.29) is 5.82 Å². The van der Waals surface area contributed by atoms with Crippen LogP contribution < -0.4 is 0 Å². The molecule has 0 spiro atoms. The summed E-state index contributed by atoms with van der Waals surface area (Å²) < 4.78 is 14.7. The molecule has 0 atom stereocenters. The molecule has 1 aromatic heterocycles. The van der Waals surface area contributed by atoms with Gasteiger partial charge < -0.3 is 0 Å². The fourth-order valence-electron chi connectivity index (χ4n) is 1.32. The summed E-state index contributed by atoms with van der Waals surface area (Å²) in [6.45, 7) is 2.71. The van der Waals surface area contributed by atoms with Crippen molar-refractivity contribution in [2.45, 2.75) is 32.2 Å². The smallest absolute Gasteiger partial charge is 0.174 e. The monoisotopic (exact) mass is 153 g/mol. The van der Waals surface area contributed by atoms with E-state index in [2.05, 4.69) is 11.3 Å². The van der Waals surface area contributed by atoms with Crippen molar-refractivity contribution in [1.82, 2.24) is 9.78 Å². The lowest BCUT2D eigenvalue weighted by atomic mass is 10.3. The number of nitrogens with zero attached hydrogens (tertiary/aromatic N) is 2. The van der Waals surface area contributed by atoms with E-state index < -0.39 is 0 Å². The molecule has 0 aromatic carbocycles. The maximum atomic E-state index is 12.9. The Morgan fingerprint density at radius 1 is 1.73 bits per heavy atom. The normalized spacial score (nSPS) is 17.3. The molecule has 1 aliphatic rings. The van der Waals surface area contributed by atoms with Gasteiger partial charge in [0.15, 0.2) is 12.0 Å². The maximum absolute atomic E-state index is 12.9. The van der Waals surface area contributed by atoms with Gasteiger partial charge in [-0.2, -0.15) is 5.10 Å². The van der Waals surface area contributed by atoms with Crippen LogP contribution in [-0.4, -0.2) is 9.78 Å². The van der Waals surface area contributed by atoms with Gasteiger partial charge in [0.05, 0.1) is 5.69 Å². The number of rotatable bonds is 2. The van der Waals surface area contributed by atoms with E-state index in [1.807, 2.05) is 6.92 Å². The molecule has 0 N–H and O–H groups in total. The van der Waals surface area contributed by atoms with Crippen molar-refractivity contribution in [3.05, 3.63) is 17.7 Å². The predicted molar refractivity (Wildman–Crippen MR) is 38.7 cm³/mol. The van der Waals surface area contributed by atoms with Gasteiger partial charge in [-0.25, -0.2) is 4.39 Å². The molecule has 0 amide bonds. The van der Waals surface area contributed by atoms with Crippen LogP contribution in [0.15, 0.2) is 0 Å². The van der Waals surface area contributed by atoms with Gasteiger partial charge in [-0.05, 0) is 19.8 Å². The number of hydrogen-bond acceptors (Lipinski definition) is 1. The van der Waals surface area contributed by atoms with Crippen LogP contribution in [0, 0.1) is 12.0 Å². The standard InChI is InChI=1S/C8H10FN2/c1-2-11-8(6-3-4-6)7(9)5-10-11/h6H,2-4H2,1H3. The summed E-state index contributed by atoms with van der Waals surface area (Å²) in [5.41, 5.74) is 0.757. The molecule has 11 heavy (non-hydrogen) atoms. The number of aryl methyl sites for hydroxylation is 1. The average Bonchev–Trinajstić information content (AvgIpc) is 2.76. The Morgan fingerprint density at radius 2 is 2.45 bits per heavy atom. The van der Waals surface area contributed by atoms with Gasteiger partial charge in [-0.15, -0.1) is 0 Å². The zero-order chi connectivity index (χ0) is 7.84. The van der Waals surface area contributed by atoms with Crippen molar-refractivity contribution < 1.29 is 4.39 Å². The summed E-state index contributed by atoms with van der Waals surface area (Å²) in [4.78, 5) is 0. The van der Waals surface area contributed by atoms with Crippen LogP contribution in [0.5, 0.6) is 0 Å². The van der Waals surface area contributed by atoms with E-state index >= 15 is 0 Å². The molecule has 0 saturated heterocycles. The van der Waals surface area contributed by atoms with E-state index in [1.54, 1.807) is 4.68 Å². The zero-order valence-electron chi connectivity index (χ0n) is 6.47. The second-order valence-corrected chi connectivity index (χ2v) is 2.90. The summed E-state index contributed by atoms with van der Waals surface area (Å²) in [6, 6.07) is 0. The van der Waals surface area contributed by atoms with Crippen LogP contribution in [-0.2, 0) is 6.54 Å². The molecule has 1 saturated carbocycles. The topological polar surface area (TPSA) is 17.8 Å². The van der Waals surface area contributed by atoms with Gasteiger partial charge in [-0.3, -0.25) is 4.68 Å². The van der Waals surface area contributed by atoms with Crippen LogP contribution in [0.2, 0.25) is 0 Å². The Bertz CT molecular complexity index is 263. The second kappa shape index (κ2) is 2.32. The molecule has 1 heterocycles. The molecule has 3 heteroatoms. The molecule has 59 valence electrons. The van der Waals surface area contributed by atoms with Gasteiger partial charge >= 0.3 is 0 Å². The molecular formula is C8H10FN2. The molecule has 0 unspecified atom stereocenters. The van der Waals surface area contributed by atoms with Crippen molar-refractivity contribution in [2.75, 3.05) is 0 Å². The first kappa shape index (κ1) is 6.83.